The summed E-state index contributed by atoms with van der Waals surface area (Å²) in [5.41, 5.74) is 0.0600. The number of benzene rings is 1. The van der Waals surface area contributed by atoms with E-state index in [-0.39, 0.29) is 29.3 Å². The van der Waals surface area contributed by atoms with Crippen molar-refractivity contribution in [3.05, 3.63) is 61.3 Å². The van der Waals surface area contributed by atoms with E-state index in [0.29, 0.717) is 11.5 Å². The van der Waals surface area contributed by atoms with Crippen molar-refractivity contribution in [2.75, 3.05) is 23.3 Å². The van der Waals surface area contributed by atoms with E-state index in [2.05, 4.69) is 33.2 Å². The first-order chi connectivity index (χ1) is 15.1. The van der Waals surface area contributed by atoms with E-state index in [4.69, 9.17) is 17.0 Å². The summed E-state index contributed by atoms with van der Waals surface area (Å²) in [6, 6.07) is 6.75. The van der Waals surface area contributed by atoms with Gasteiger partial charge in [0.1, 0.15) is 11.8 Å². The lowest BCUT2D eigenvalue weighted by Gasteiger charge is -2.16. The van der Waals surface area contributed by atoms with Crippen LogP contribution in [0.25, 0.3) is 0 Å². The number of halogens is 3. The van der Waals surface area contributed by atoms with Gasteiger partial charge >= 0.3 is 6.09 Å². The maximum absolute atomic E-state index is 14.8. The van der Waals surface area contributed by atoms with E-state index in [9.17, 15) is 18.4 Å². The summed E-state index contributed by atoms with van der Waals surface area (Å²) in [4.78, 5) is 26.5. The Labute approximate surface area is 203 Å². The lowest BCUT2D eigenvalue weighted by molar-refractivity contribution is 0.143. The first-order valence-electron chi connectivity index (χ1n) is 9.89. The zero-order valence-corrected chi connectivity index (χ0v) is 20.6. The molecular formula is C22H22F2IN3O3S. The molecule has 0 aromatic heterocycles. The summed E-state index contributed by atoms with van der Waals surface area (Å²) in [6.45, 7) is 6.04. The van der Waals surface area contributed by atoms with E-state index in [1.165, 1.54) is 12.1 Å². The van der Waals surface area contributed by atoms with Crippen LogP contribution in [0, 0.1) is 15.2 Å². The third-order valence-corrected chi connectivity index (χ3v) is 6.02. The highest BCUT2D eigenvalue weighted by molar-refractivity contribution is 14.1. The minimum absolute atomic E-state index is 0.0229. The van der Waals surface area contributed by atoms with Gasteiger partial charge in [0.15, 0.2) is 11.6 Å². The molecule has 10 heteroatoms. The number of nitrogens with zero attached hydrogens (tertiary/aromatic N) is 1. The molecule has 1 heterocycles. The minimum atomic E-state index is -0.936. The van der Waals surface area contributed by atoms with E-state index in [1.54, 1.807) is 13.0 Å². The Morgan fingerprint density at radius 3 is 2.50 bits per heavy atom. The molecule has 1 fully saturated rings. The predicted octanol–water partition coefficient (Wildman–Crippen LogP) is 5.06. The van der Waals surface area contributed by atoms with Crippen LogP contribution in [0.4, 0.5) is 30.6 Å². The van der Waals surface area contributed by atoms with Crippen molar-refractivity contribution < 1.29 is 18.3 Å². The van der Waals surface area contributed by atoms with E-state index < -0.39 is 29.5 Å². The number of anilines is 3. The number of thiocarbonyl (C=S) groups is 1. The first kappa shape index (κ1) is 24.3. The Morgan fingerprint density at radius 2 is 1.91 bits per heavy atom. The molecule has 0 aliphatic carbocycles. The molecule has 1 aliphatic heterocycles. The van der Waals surface area contributed by atoms with Crippen molar-refractivity contribution in [2.24, 2.45) is 0 Å². The highest BCUT2D eigenvalue weighted by Gasteiger charge is 2.33. The van der Waals surface area contributed by atoms with Crippen molar-refractivity contribution in [2.45, 2.75) is 32.8 Å². The van der Waals surface area contributed by atoms with Gasteiger partial charge in [0.2, 0.25) is 5.43 Å². The number of amides is 1. The summed E-state index contributed by atoms with van der Waals surface area (Å²) in [5, 5.41) is 5.47. The Kier molecular flexibility index (Phi) is 7.65. The molecule has 6 nitrogen and oxygen atoms in total. The second-order valence-corrected chi connectivity index (χ2v) is 9.45. The average Bonchev–Trinajstić information content (AvgIpc) is 3.02. The van der Waals surface area contributed by atoms with Crippen LogP contribution in [-0.4, -0.2) is 30.3 Å². The molecule has 32 heavy (non-hydrogen) atoms. The number of nitrogens with one attached hydrogen (secondary N) is 2. The third kappa shape index (κ3) is 5.52. The van der Waals surface area contributed by atoms with E-state index in [0.717, 1.165) is 26.2 Å². The number of carbonyl (C=O) groups is 1. The Morgan fingerprint density at radius 1 is 1.25 bits per heavy atom. The molecule has 1 atom stereocenters. The molecule has 0 radical (unpaired) electrons. The molecule has 2 N–H and O–H groups in total. The van der Waals surface area contributed by atoms with Gasteiger partial charge in [-0.3, -0.25) is 9.69 Å². The SMILES string of the molecule is CC(=S)NC[C@H]1CN(c2cc(F)c(Nc3ccc(I)c(C(C)C)cc3=O)c(F)c2)C(=O)O1. The van der Waals surface area contributed by atoms with Crippen LogP contribution >= 0.6 is 34.8 Å². The molecule has 0 unspecified atom stereocenters. The molecule has 0 spiro atoms. The Balaban J connectivity index is 1.86. The fourth-order valence-corrected chi connectivity index (χ4v) is 4.28. The van der Waals surface area contributed by atoms with Crippen LogP contribution in [0.1, 0.15) is 32.3 Å². The summed E-state index contributed by atoms with van der Waals surface area (Å²) in [5.74, 6) is -1.75. The fraction of sp³-hybridized carbons (Fsp3) is 0.318. The molecular weight excluding hydrogens is 551 g/mol. The minimum Gasteiger partial charge on any atom is -0.442 e. The lowest BCUT2D eigenvalue weighted by Crippen LogP contribution is -2.32. The number of hydrogen-bond donors (Lipinski definition) is 2. The standard InChI is InChI=1S/C22H22F2IN3O3S/c1-11(2)15-8-20(29)19(5-4-18(15)25)27-21-16(23)6-13(7-17(21)24)28-10-14(31-22(28)30)9-26-12(3)32/h4-8,11,14H,9-10H2,1-3H3,(H,26,32)(H,27,29)/t14-/m0/s1. The first-order valence-corrected chi connectivity index (χ1v) is 11.4. The van der Waals surface area contributed by atoms with Crippen LogP contribution < -0.4 is 21.0 Å². The number of carbonyl (C=O) groups excluding carboxylic acids is 1. The van der Waals surface area contributed by atoms with Gasteiger partial charge in [-0.1, -0.05) is 26.1 Å². The smallest absolute Gasteiger partial charge is 0.414 e. The zero-order chi connectivity index (χ0) is 23.6. The third-order valence-electron chi connectivity index (χ3n) is 4.90. The van der Waals surface area contributed by atoms with Crippen molar-refractivity contribution in [3.63, 3.8) is 0 Å². The summed E-state index contributed by atoms with van der Waals surface area (Å²) >= 11 is 7.05. The summed E-state index contributed by atoms with van der Waals surface area (Å²) in [7, 11) is 0. The lowest BCUT2D eigenvalue weighted by atomic mass is 10.1. The van der Waals surface area contributed by atoms with Gasteiger partial charge in [0.25, 0.3) is 0 Å². The highest BCUT2D eigenvalue weighted by atomic mass is 127. The van der Waals surface area contributed by atoms with Gasteiger partial charge in [-0.15, -0.1) is 0 Å². The van der Waals surface area contributed by atoms with E-state index in [1.807, 2.05) is 13.8 Å². The van der Waals surface area contributed by atoms with Crippen molar-refractivity contribution in [1.29, 1.82) is 0 Å². The average molecular weight is 573 g/mol. The van der Waals surface area contributed by atoms with E-state index >= 15 is 0 Å². The van der Waals surface area contributed by atoms with Gasteiger partial charge in [0.05, 0.1) is 29.5 Å². The van der Waals surface area contributed by atoms with Crippen LogP contribution in [0.15, 0.2) is 35.1 Å². The molecule has 1 saturated heterocycles. The fourth-order valence-electron chi connectivity index (χ4n) is 3.23. The van der Waals surface area contributed by atoms with Gasteiger partial charge < -0.3 is 15.4 Å². The molecule has 0 saturated carbocycles. The Hall–Kier alpha value is -2.34. The van der Waals surface area contributed by atoms with Crippen molar-refractivity contribution in [3.8, 4) is 0 Å². The number of hydrogen-bond acceptors (Lipinski definition) is 5. The normalized spacial score (nSPS) is 15.7. The number of cyclic esters (lactones) is 1. The molecule has 2 aromatic rings. The second-order valence-electron chi connectivity index (χ2n) is 7.68. The molecule has 2 aromatic carbocycles. The molecule has 170 valence electrons. The van der Waals surface area contributed by atoms with Crippen molar-refractivity contribution >= 4 is 63.0 Å². The quantitative estimate of drug-likeness (QED) is 0.372. The molecule has 1 amide bonds. The maximum Gasteiger partial charge on any atom is 0.414 e. The van der Waals surface area contributed by atoms with Crippen molar-refractivity contribution in [1.82, 2.24) is 5.32 Å². The molecule has 0 bridgehead atoms. The van der Waals surface area contributed by atoms with Gasteiger partial charge in [-0.25, -0.2) is 13.6 Å². The van der Waals surface area contributed by atoms with Crippen LogP contribution in [0.3, 0.4) is 0 Å². The number of rotatable bonds is 6. The topological polar surface area (TPSA) is 70.7 Å². The van der Waals surface area contributed by atoms with Crippen LogP contribution in [0.5, 0.6) is 0 Å². The largest absolute Gasteiger partial charge is 0.442 e. The Bertz CT molecular complexity index is 1110. The predicted molar refractivity (Wildman–Crippen MR) is 133 cm³/mol. The highest BCUT2D eigenvalue weighted by Crippen LogP contribution is 2.30. The van der Waals surface area contributed by atoms with Gasteiger partial charge in [0, 0.05) is 15.7 Å². The zero-order valence-electron chi connectivity index (χ0n) is 17.7. The molecule has 1 aliphatic rings. The van der Waals surface area contributed by atoms with Crippen LogP contribution in [-0.2, 0) is 4.74 Å². The van der Waals surface area contributed by atoms with Crippen LogP contribution in [0.2, 0.25) is 0 Å². The molecule has 3 rings (SSSR count). The summed E-state index contributed by atoms with van der Waals surface area (Å²) < 4.78 is 35.7. The monoisotopic (exact) mass is 573 g/mol. The van der Waals surface area contributed by atoms with Gasteiger partial charge in [-0.05, 0) is 59.2 Å². The summed E-state index contributed by atoms with van der Waals surface area (Å²) in [6.07, 6.45) is -1.21. The number of ether oxygens (including phenoxy) is 1. The van der Waals surface area contributed by atoms with Gasteiger partial charge in [-0.2, -0.15) is 0 Å². The second kappa shape index (κ2) is 10.1. The maximum atomic E-state index is 14.8.